The minimum atomic E-state index is -0.421. The highest BCUT2D eigenvalue weighted by atomic mass is 32.2. The average Bonchev–Trinajstić information content (AvgIpc) is 3.35. The van der Waals surface area contributed by atoms with E-state index in [0.717, 1.165) is 30.4 Å². The number of carbonyl (C=O) groups excluding carboxylic acids is 1. The van der Waals surface area contributed by atoms with Crippen molar-refractivity contribution in [2.75, 3.05) is 23.7 Å². The van der Waals surface area contributed by atoms with Crippen LogP contribution in [0.4, 0.5) is 10.5 Å². The predicted octanol–water partition coefficient (Wildman–Crippen LogP) is 5.60. The molecule has 0 radical (unpaired) electrons. The van der Waals surface area contributed by atoms with Gasteiger partial charge in [0.25, 0.3) is 0 Å². The normalized spacial score (nSPS) is 14.3. The number of anilines is 1. The molecule has 162 valence electrons. The SMILES string of the molecule is CC1(C)CN(Cc2ccccc2)c2ccc(OC(=O)NCCSCc3ccco3)cc21. The van der Waals surface area contributed by atoms with Crippen LogP contribution in [0.25, 0.3) is 0 Å². The van der Waals surface area contributed by atoms with Crippen molar-refractivity contribution in [3.63, 3.8) is 0 Å². The Kier molecular flexibility index (Phi) is 6.56. The van der Waals surface area contributed by atoms with Crippen molar-refractivity contribution in [2.45, 2.75) is 31.6 Å². The van der Waals surface area contributed by atoms with Crippen molar-refractivity contribution in [1.29, 1.82) is 0 Å². The molecule has 0 spiro atoms. The molecule has 2 aromatic carbocycles. The van der Waals surface area contributed by atoms with Crippen LogP contribution in [0.5, 0.6) is 5.75 Å². The van der Waals surface area contributed by atoms with Gasteiger partial charge in [0, 0.05) is 36.5 Å². The minimum Gasteiger partial charge on any atom is -0.468 e. The van der Waals surface area contributed by atoms with Gasteiger partial charge in [-0.15, -0.1) is 0 Å². The van der Waals surface area contributed by atoms with Gasteiger partial charge in [-0.2, -0.15) is 11.8 Å². The Balaban J connectivity index is 1.31. The number of benzene rings is 2. The number of fused-ring (bicyclic) bond motifs is 1. The zero-order valence-corrected chi connectivity index (χ0v) is 18.8. The average molecular weight is 437 g/mol. The van der Waals surface area contributed by atoms with E-state index in [1.807, 2.05) is 30.3 Å². The third-order valence-electron chi connectivity index (χ3n) is 5.39. The molecule has 0 unspecified atom stereocenters. The molecule has 0 saturated carbocycles. The molecule has 2 heterocycles. The monoisotopic (exact) mass is 436 g/mol. The molecule has 1 amide bonds. The van der Waals surface area contributed by atoms with Crippen molar-refractivity contribution < 1.29 is 13.9 Å². The van der Waals surface area contributed by atoms with Crippen LogP contribution in [0.15, 0.2) is 71.3 Å². The zero-order valence-electron chi connectivity index (χ0n) is 18.0. The summed E-state index contributed by atoms with van der Waals surface area (Å²) < 4.78 is 10.8. The molecule has 31 heavy (non-hydrogen) atoms. The summed E-state index contributed by atoms with van der Waals surface area (Å²) in [6.07, 6.45) is 1.25. The lowest BCUT2D eigenvalue weighted by atomic mass is 9.87. The van der Waals surface area contributed by atoms with E-state index in [-0.39, 0.29) is 5.41 Å². The maximum atomic E-state index is 12.2. The smallest absolute Gasteiger partial charge is 0.412 e. The molecular formula is C25H28N2O3S. The first-order valence-corrected chi connectivity index (χ1v) is 11.7. The van der Waals surface area contributed by atoms with E-state index in [4.69, 9.17) is 9.15 Å². The van der Waals surface area contributed by atoms with Gasteiger partial charge >= 0.3 is 6.09 Å². The van der Waals surface area contributed by atoms with Crippen LogP contribution in [-0.4, -0.2) is 24.9 Å². The molecule has 0 atom stereocenters. The summed E-state index contributed by atoms with van der Waals surface area (Å²) in [5.74, 6) is 3.11. The fourth-order valence-electron chi connectivity index (χ4n) is 3.92. The molecule has 0 fully saturated rings. The van der Waals surface area contributed by atoms with Crippen LogP contribution in [0.2, 0.25) is 0 Å². The first kappa shape index (κ1) is 21.4. The summed E-state index contributed by atoms with van der Waals surface area (Å²) in [6, 6.07) is 20.3. The van der Waals surface area contributed by atoms with E-state index in [2.05, 4.69) is 54.4 Å². The second kappa shape index (κ2) is 9.52. The summed E-state index contributed by atoms with van der Waals surface area (Å²) in [6.45, 7) is 6.81. The highest BCUT2D eigenvalue weighted by molar-refractivity contribution is 7.98. The first-order chi connectivity index (χ1) is 15.0. The maximum absolute atomic E-state index is 12.2. The van der Waals surface area contributed by atoms with E-state index in [1.165, 1.54) is 16.8 Å². The van der Waals surface area contributed by atoms with Gasteiger partial charge in [0.2, 0.25) is 0 Å². The summed E-state index contributed by atoms with van der Waals surface area (Å²) in [7, 11) is 0. The lowest BCUT2D eigenvalue weighted by Crippen LogP contribution is -2.29. The minimum absolute atomic E-state index is 0.0115. The number of hydrogen-bond acceptors (Lipinski definition) is 5. The van der Waals surface area contributed by atoms with Gasteiger partial charge in [0.1, 0.15) is 11.5 Å². The number of carbonyl (C=O) groups is 1. The van der Waals surface area contributed by atoms with Crippen LogP contribution in [0, 0.1) is 0 Å². The van der Waals surface area contributed by atoms with Gasteiger partial charge in [0.15, 0.2) is 0 Å². The first-order valence-electron chi connectivity index (χ1n) is 10.5. The molecule has 1 aromatic heterocycles. The molecule has 1 aliphatic rings. The molecule has 3 aromatic rings. The van der Waals surface area contributed by atoms with Crippen molar-refractivity contribution in [3.8, 4) is 5.75 Å². The third kappa shape index (κ3) is 5.44. The van der Waals surface area contributed by atoms with E-state index >= 15 is 0 Å². The quantitative estimate of drug-likeness (QED) is 0.466. The standard InChI is InChI=1S/C25H28N2O3S/c1-25(2)18-27(16-19-7-4-3-5-8-19)23-11-10-20(15-22(23)25)30-24(28)26-12-14-31-17-21-9-6-13-29-21/h3-11,13,15H,12,14,16-18H2,1-2H3,(H,26,28). The van der Waals surface area contributed by atoms with Gasteiger partial charge in [-0.05, 0) is 41.5 Å². The Bertz CT molecular complexity index is 1000. The Morgan fingerprint density at radius 3 is 2.77 bits per heavy atom. The Hall–Kier alpha value is -2.86. The number of hydrogen-bond donors (Lipinski definition) is 1. The van der Waals surface area contributed by atoms with Gasteiger partial charge in [-0.1, -0.05) is 44.2 Å². The summed E-state index contributed by atoms with van der Waals surface area (Å²) in [4.78, 5) is 14.6. The molecule has 0 aliphatic carbocycles. The zero-order chi connectivity index (χ0) is 21.7. The topological polar surface area (TPSA) is 54.7 Å². The Morgan fingerprint density at radius 1 is 1.16 bits per heavy atom. The van der Waals surface area contributed by atoms with Crippen molar-refractivity contribution >= 4 is 23.5 Å². The fourth-order valence-corrected chi connectivity index (χ4v) is 4.68. The third-order valence-corrected chi connectivity index (χ3v) is 6.37. The number of rotatable bonds is 8. The number of furan rings is 1. The number of nitrogens with zero attached hydrogens (tertiary/aromatic N) is 1. The number of ether oxygens (including phenoxy) is 1. The lowest BCUT2D eigenvalue weighted by Gasteiger charge is -2.22. The van der Waals surface area contributed by atoms with E-state index in [9.17, 15) is 4.79 Å². The molecule has 4 rings (SSSR count). The fraction of sp³-hybridized carbons (Fsp3) is 0.320. The van der Waals surface area contributed by atoms with Crippen LogP contribution < -0.4 is 15.0 Å². The largest absolute Gasteiger partial charge is 0.468 e. The Morgan fingerprint density at radius 2 is 2.00 bits per heavy atom. The van der Waals surface area contributed by atoms with Crippen LogP contribution in [-0.2, 0) is 17.7 Å². The van der Waals surface area contributed by atoms with E-state index in [0.29, 0.717) is 12.3 Å². The number of thioether (sulfide) groups is 1. The molecule has 1 N–H and O–H groups in total. The summed E-state index contributed by atoms with van der Waals surface area (Å²) in [5.41, 5.74) is 3.69. The molecule has 5 nitrogen and oxygen atoms in total. The van der Waals surface area contributed by atoms with Crippen molar-refractivity contribution in [2.24, 2.45) is 0 Å². The Labute approximate surface area is 187 Å². The lowest BCUT2D eigenvalue weighted by molar-refractivity contribution is 0.201. The molecule has 1 aliphatic heterocycles. The maximum Gasteiger partial charge on any atom is 0.412 e. The molecule has 0 saturated heterocycles. The summed E-state index contributed by atoms with van der Waals surface area (Å²) in [5, 5.41) is 2.82. The van der Waals surface area contributed by atoms with Crippen LogP contribution >= 0.6 is 11.8 Å². The van der Waals surface area contributed by atoms with Crippen molar-refractivity contribution in [1.82, 2.24) is 5.32 Å². The molecule has 6 heteroatoms. The highest BCUT2D eigenvalue weighted by Crippen LogP contribution is 2.42. The van der Waals surface area contributed by atoms with E-state index < -0.39 is 6.09 Å². The van der Waals surface area contributed by atoms with Gasteiger partial charge < -0.3 is 19.4 Å². The molecular weight excluding hydrogens is 408 g/mol. The van der Waals surface area contributed by atoms with Crippen LogP contribution in [0.1, 0.15) is 30.7 Å². The second-order valence-electron chi connectivity index (χ2n) is 8.35. The number of nitrogens with one attached hydrogen (secondary N) is 1. The number of amides is 1. The molecule has 0 bridgehead atoms. The van der Waals surface area contributed by atoms with Crippen LogP contribution in [0.3, 0.4) is 0 Å². The van der Waals surface area contributed by atoms with E-state index in [1.54, 1.807) is 18.0 Å². The summed E-state index contributed by atoms with van der Waals surface area (Å²) >= 11 is 1.71. The highest BCUT2D eigenvalue weighted by Gasteiger charge is 2.35. The predicted molar refractivity (Wildman–Crippen MR) is 126 cm³/mol. The van der Waals surface area contributed by atoms with Crippen molar-refractivity contribution in [3.05, 3.63) is 83.8 Å². The van der Waals surface area contributed by atoms with Gasteiger partial charge in [-0.3, -0.25) is 0 Å². The van der Waals surface area contributed by atoms with Gasteiger partial charge in [0.05, 0.1) is 12.0 Å². The second-order valence-corrected chi connectivity index (χ2v) is 9.46. The van der Waals surface area contributed by atoms with Gasteiger partial charge in [-0.25, -0.2) is 4.79 Å².